The number of nitrogen functional groups attached to an aromatic ring is 1. The first kappa shape index (κ1) is 13.9. The van der Waals surface area contributed by atoms with Gasteiger partial charge in [0.15, 0.2) is 0 Å². The van der Waals surface area contributed by atoms with Crippen LogP contribution >= 0.6 is 11.8 Å². The van der Waals surface area contributed by atoms with E-state index in [1.807, 2.05) is 12.1 Å². The summed E-state index contributed by atoms with van der Waals surface area (Å²) in [5.41, 5.74) is 6.96. The number of benzene rings is 2. The van der Waals surface area contributed by atoms with Crippen molar-refractivity contribution in [2.45, 2.75) is 16.6 Å². The first-order valence-corrected chi connectivity index (χ1v) is 7.48. The molecule has 3 nitrogen and oxygen atoms in total. The van der Waals surface area contributed by atoms with Crippen LogP contribution in [0.4, 0.5) is 10.1 Å². The molecule has 1 heterocycles. The maximum atomic E-state index is 13.1. The lowest BCUT2D eigenvalue weighted by Gasteiger charge is -2.10. The van der Waals surface area contributed by atoms with E-state index in [9.17, 15) is 9.18 Å². The van der Waals surface area contributed by atoms with Gasteiger partial charge < -0.3 is 10.5 Å². The van der Waals surface area contributed by atoms with Crippen LogP contribution in [0.15, 0.2) is 47.4 Å². The van der Waals surface area contributed by atoms with Gasteiger partial charge in [0.2, 0.25) is 0 Å². The minimum absolute atomic E-state index is 0.0490. The third kappa shape index (κ3) is 3.03. The molecule has 5 heteroatoms. The van der Waals surface area contributed by atoms with Crippen molar-refractivity contribution in [1.29, 1.82) is 0 Å². The molecule has 0 saturated carbocycles. The first-order chi connectivity index (χ1) is 10.1. The minimum atomic E-state index is -0.534. The number of thioether (sulfide) groups is 1. The number of fused-ring (bicyclic) bond motifs is 1. The Morgan fingerprint density at radius 1 is 1.33 bits per heavy atom. The van der Waals surface area contributed by atoms with Crippen LogP contribution in [-0.2, 0) is 11.2 Å². The Bertz CT molecular complexity index is 665. The van der Waals surface area contributed by atoms with Crippen LogP contribution in [0, 0.1) is 5.82 Å². The van der Waals surface area contributed by atoms with Gasteiger partial charge in [0.1, 0.15) is 12.4 Å². The van der Waals surface area contributed by atoms with E-state index < -0.39 is 11.8 Å². The SMILES string of the molecule is Nc1cc(C(=O)OCC2Cc3ccccc3S2)ccc1F. The summed E-state index contributed by atoms with van der Waals surface area (Å²) in [7, 11) is 0. The number of hydrogen-bond acceptors (Lipinski definition) is 4. The van der Waals surface area contributed by atoms with E-state index in [-0.39, 0.29) is 16.5 Å². The zero-order chi connectivity index (χ0) is 14.8. The molecule has 2 N–H and O–H groups in total. The number of halogens is 1. The number of carbonyl (C=O) groups excluding carboxylic acids is 1. The van der Waals surface area contributed by atoms with Gasteiger partial charge in [-0.05, 0) is 36.2 Å². The molecule has 1 atom stereocenters. The molecule has 0 bridgehead atoms. The van der Waals surface area contributed by atoms with E-state index >= 15 is 0 Å². The Labute approximate surface area is 126 Å². The predicted molar refractivity (Wildman–Crippen MR) is 80.9 cm³/mol. The smallest absolute Gasteiger partial charge is 0.338 e. The summed E-state index contributed by atoms with van der Waals surface area (Å²) in [6.45, 7) is 0.329. The maximum absolute atomic E-state index is 13.1. The molecule has 0 amide bonds. The van der Waals surface area contributed by atoms with E-state index in [4.69, 9.17) is 10.5 Å². The molecule has 1 unspecified atom stereocenters. The van der Waals surface area contributed by atoms with Crippen LogP contribution in [0.2, 0.25) is 0 Å². The van der Waals surface area contributed by atoms with Crippen molar-refractivity contribution in [2.75, 3.05) is 12.3 Å². The van der Waals surface area contributed by atoms with Gasteiger partial charge in [0.05, 0.1) is 11.3 Å². The zero-order valence-corrected chi connectivity index (χ0v) is 12.0. The van der Waals surface area contributed by atoms with Gasteiger partial charge >= 0.3 is 5.97 Å². The van der Waals surface area contributed by atoms with Crippen molar-refractivity contribution in [3.63, 3.8) is 0 Å². The van der Waals surface area contributed by atoms with Gasteiger partial charge in [-0.3, -0.25) is 0 Å². The molecule has 3 rings (SSSR count). The van der Waals surface area contributed by atoms with Crippen LogP contribution in [0.5, 0.6) is 0 Å². The Morgan fingerprint density at radius 2 is 2.14 bits per heavy atom. The van der Waals surface area contributed by atoms with Gasteiger partial charge in [-0.25, -0.2) is 9.18 Å². The minimum Gasteiger partial charge on any atom is -0.461 e. The molecule has 0 radical (unpaired) electrons. The molecule has 2 aromatic rings. The Morgan fingerprint density at radius 3 is 2.90 bits per heavy atom. The second kappa shape index (κ2) is 5.77. The highest BCUT2D eigenvalue weighted by Crippen LogP contribution is 2.36. The number of hydrogen-bond donors (Lipinski definition) is 1. The second-order valence-corrected chi connectivity index (χ2v) is 6.23. The largest absolute Gasteiger partial charge is 0.461 e. The van der Waals surface area contributed by atoms with E-state index in [0.717, 1.165) is 6.42 Å². The molecule has 0 aromatic heterocycles. The molecule has 0 fully saturated rings. The number of esters is 1. The normalized spacial score (nSPS) is 16.5. The Kier molecular flexibility index (Phi) is 3.84. The molecular formula is C16H14FNO2S. The fourth-order valence-electron chi connectivity index (χ4n) is 2.27. The van der Waals surface area contributed by atoms with Gasteiger partial charge in [0, 0.05) is 10.1 Å². The van der Waals surface area contributed by atoms with Crippen LogP contribution < -0.4 is 5.73 Å². The third-order valence-electron chi connectivity index (χ3n) is 3.35. The number of rotatable bonds is 3. The lowest BCUT2D eigenvalue weighted by Crippen LogP contribution is -2.16. The standard InChI is InChI=1S/C16H14FNO2S/c17-13-6-5-11(8-14(13)18)16(19)20-9-12-7-10-3-1-2-4-15(10)21-12/h1-6,8,12H,7,9,18H2. The van der Waals surface area contributed by atoms with Gasteiger partial charge in [-0.15, -0.1) is 11.8 Å². The average Bonchev–Trinajstić information content (AvgIpc) is 2.90. The fraction of sp³-hybridized carbons (Fsp3) is 0.188. The number of ether oxygens (including phenoxy) is 1. The summed E-state index contributed by atoms with van der Waals surface area (Å²) in [4.78, 5) is 13.2. The fourth-order valence-corrected chi connectivity index (χ4v) is 3.49. The molecule has 108 valence electrons. The summed E-state index contributed by atoms with van der Waals surface area (Å²) in [6, 6.07) is 12.0. The van der Waals surface area contributed by atoms with Crippen LogP contribution in [-0.4, -0.2) is 17.8 Å². The molecule has 1 aliphatic rings. The Hall–Kier alpha value is -2.01. The summed E-state index contributed by atoms with van der Waals surface area (Å²) < 4.78 is 18.4. The molecule has 21 heavy (non-hydrogen) atoms. The van der Waals surface area contributed by atoms with Gasteiger partial charge in [-0.1, -0.05) is 18.2 Å². The molecule has 0 spiro atoms. The summed E-state index contributed by atoms with van der Waals surface area (Å²) >= 11 is 1.72. The van der Waals surface area contributed by atoms with Gasteiger partial charge in [0.25, 0.3) is 0 Å². The van der Waals surface area contributed by atoms with Crippen molar-refractivity contribution in [2.24, 2.45) is 0 Å². The summed E-state index contributed by atoms with van der Waals surface area (Å²) in [6.07, 6.45) is 0.889. The third-order valence-corrected chi connectivity index (χ3v) is 4.63. The van der Waals surface area contributed by atoms with Gasteiger partial charge in [-0.2, -0.15) is 0 Å². The Balaban J connectivity index is 1.59. The van der Waals surface area contributed by atoms with E-state index in [2.05, 4.69) is 12.1 Å². The average molecular weight is 303 g/mol. The molecule has 1 aliphatic heterocycles. The number of anilines is 1. The summed E-state index contributed by atoms with van der Waals surface area (Å²) in [5.74, 6) is -1.01. The molecule has 2 aromatic carbocycles. The zero-order valence-electron chi connectivity index (χ0n) is 11.2. The molecule has 0 aliphatic carbocycles. The molecule has 0 saturated heterocycles. The van der Waals surface area contributed by atoms with Crippen LogP contribution in [0.25, 0.3) is 0 Å². The molecular weight excluding hydrogens is 289 g/mol. The quantitative estimate of drug-likeness (QED) is 0.698. The second-order valence-electron chi connectivity index (χ2n) is 4.89. The monoisotopic (exact) mass is 303 g/mol. The van der Waals surface area contributed by atoms with E-state index in [1.165, 1.54) is 28.7 Å². The van der Waals surface area contributed by atoms with Crippen molar-refractivity contribution in [3.8, 4) is 0 Å². The van der Waals surface area contributed by atoms with Crippen molar-refractivity contribution < 1.29 is 13.9 Å². The first-order valence-electron chi connectivity index (χ1n) is 6.60. The highest BCUT2D eigenvalue weighted by molar-refractivity contribution is 8.00. The number of carbonyl (C=O) groups is 1. The van der Waals surface area contributed by atoms with E-state index in [0.29, 0.717) is 6.61 Å². The van der Waals surface area contributed by atoms with E-state index in [1.54, 1.807) is 11.8 Å². The van der Waals surface area contributed by atoms with Crippen LogP contribution in [0.3, 0.4) is 0 Å². The maximum Gasteiger partial charge on any atom is 0.338 e. The predicted octanol–water partition coefficient (Wildman–Crippen LogP) is 3.28. The topological polar surface area (TPSA) is 52.3 Å². The van der Waals surface area contributed by atoms with Crippen molar-refractivity contribution >= 4 is 23.4 Å². The summed E-state index contributed by atoms with van der Waals surface area (Å²) in [5, 5.41) is 0.226. The highest BCUT2D eigenvalue weighted by atomic mass is 32.2. The highest BCUT2D eigenvalue weighted by Gasteiger charge is 2.23. The lowest BCUT2D eigenvalue weighted by atomic mass is 10.1. The lowest BCUT2D eigenvalue weighted by molar-refractivity contribution is 0.0507. The van der Waals surface area contributed by atoms with Crippen molar-refractivity contribution in [3.05, 3.63) is 59.4 Å². The van der Waals surface area contributed by atoms with Crippen LogP contribution in [0.1, 0.15) is 15.9 Å². The van der Waals surface area contributed by atoms with Crippen molar-refractivity contribution in [1.82, 2.24) is 0 Å². The number of nitrogens with two attached hydrogens (primary N) is 1.